The lowest BCUT2D eigenvalue weighted by atomic mass is 10.1. The summed E-state index contributed by atoms with van der Waals surface area (Å²) in [5.41, 5.74) is 7.81. The fourth-order valence-corrected chi connectivity index (χ4v) is 3.24. The maximum atomic E-state index is 11.3. The van der Waals surface area contributed by atoms with Gasteiger partial charge in [-0.05, 0) is 23.8 Å². The van der Waals surface area contributed by atoms with Crippen LogP contribution in [0.15, 0.2) is 55.1 Å². The Bertz CT molecular complexity index is 917. The monoisotopic (exact) mass is 363 g/mol. The molecule has 4 rings (SSSR count). The topological polar surface area (TPSA) is 93.2 Å². The number of aromatic nitrogens is 4. The third kappa shape index (κ3) is 3.95. The van der Waals surface area contributed by atoms with Gasteiger partial charge in [0, 0.05) is 45.1 Å². The summed E-state index contributed by atoms with van der Waals surface area (Å²) in [4.78, 5) is 24.2. The first-order chi connectivity index (χ1) is 13.2. The summed E-state index contributed by atoms with van der Waals surface area (Å²) in [7, 11) is 0. The van der Waals surface area contributed by atoms with Gasteiger partial charge in [0.05, 0.1) is 18.1 Å². The van der Waals surface area contributed by atoms with E-state index in [1.54, 1.807) is 12.4 Å². The Hall–Kier alpha value is -3.26. The van der Waals surface area contributed by atoms with E-state index < -0.39 is 5.91 Å². The minimum atomic E-state index is -0.556. The zero-order chi connectivity index (χ0) is 18.6. The molecule has 1 saturated heterocycles. The molecule has 1 aliphatic heterocycles. The minimum absolute atomic E-state index is 0.199. The lowest BCUT2D eigenvalue weighted by Gasteiger charge is -2.35. The van der Waals surface area contributed by atoms with Gasteiger partial charge < -0.3 is 10.6 Å². The van der Waals surface area contributed by atoms with Crippen molar-refractivity contribution in [3.05, 3.63) is 66.4 Å². The number of nitrogens with zero attached hydrogens (tertiary/aromatic N) is 6. The second-order valence-electron chi connectivity index (χ2n) is 6.51. The van der Waals surface area contributed by atoms with Gasteiger partial charge in [-0.1, -0.05) is 12.1 Å². The van der Waals surface area contributed by atoms with Crippen LogP contribution in [0.2, 0.25) is 0 Å². The van der Waals surface area contributed by atoms with Crippen LogP contribution in [-0.2, 0) is 6.54 Å². The molecule has 0 radical (unpaired) electrons. The maximum absolute atomic E-state index is 11.3. The van der Waals surface area contributed by atoms with Gasteiger partial charge in [-0.2, -0.15) is 5.10 Å². The number of hydrogen-bond donors (Lipinski definition) is 1. The number of carbonyl (C=O) groups excluding carboxylic acids is 1. The molecule has 1 aliphatic rings. The van der Waals surface area contributed by atoms with Gasteiger partial charge in [0.1, 0.15) is 11.5 Å². The molecule has 3 heterocycles. The number of hydrogen-bond acceptors (Lipinski definition) is 6. The summed E-state index contributed by atoms with van der Waals surface area (Å²) in [5.74, 6) is 0.145. The molecule has 1 amide bonds. The van der Waals surface area contributed by atoms with Gasteiger partial charge in [0.25, 0.3) is 5.91 Å². The summed E-state index contributed by atoms with van der Waals surface area (Å²) < 4.78 is 1.87. The van der Waals surface area contributed by atoms with E-state index in [1.807, 2.05) is 16.9 Å². The van der Waals surface area contributed by atoms with Gasteiger partial charge in [-0.3, -0.25) is 14.7 Å². The number of amides is 1. The fraction of sp³-hybridized carbons (Fsp3) is 0.263. The Kier molecular flexibility index (Phi) is 4.80. The molecular formula is C19H21N7O. The molecular weight excluding hydrogens is 342 g/mol. The van der Waals surface area contributed by atoms with Gasteiger partial charge >= 0.3 is 0 Å². The van der Waals surface area contributed by atoms with Crippen molar-refractivity contribution in [2.75, 3.05) is 31.1 Å². The molecule has 2 aromatic heterocycles. The van der Waals surface area contributed by atoms with E-state index in [4.69, 9.17) is 5.73 Å². The third-order valence-corrected chi connectivity index (χ3v) is 4.66. The summed E-state index contributed by atoms with van der Waals surface area (Å²) in [6.45, 7) is 4.37. The number of anilines is 1. The van der Waals surface area contributed by atoms with Crippen LogP contribution in [0.4, 0.5) is 5.82 Å². The van der Waals surface area contributed by atoms with Crippen molar-refractivity contribution < 1.29 is 4.79 Å². The van der Waals surface area contributed by atoms with Crippen LogP contribution in [0.3, 0.4) is 0 Å². The molecule has 8 nitrogen and oxygen atoms in total. The summed E-state index contributed by atoms with van der Waals surface area (Å²) in [5, 5.41) is 4.29. The van der Waals surface area contributed by atoms with Gasteiger partial charge in [-0.15, -0.1) is 0 Å². The van der Waals surface area contributed by atoms with Gasteiger partial charge in [0.2, 0.25) is 0 Å². The molecule has 138 valence electrons. The number of nitrogens with two attached hydrogens (primary N) is 1. The predicted octanol–water partition coefficient (Wildman–Crippen LogP) is 1.08. The van der Waals surface area contributed by atoms with Crippen LogP contribution in [0, 0.1) is 0 Å². The maximum Gasteiger partial charge on any atom is 0.268 e. The molecule has 0 atom stereocenters. The molecule has 0 bridgehead atoms. The van der Waals surface area contributed by atoms with Crippen LogP contribution < -0.4 is 10.6 Å². The average molecular weight is 363 g/mol. The second kappa shape index (κ2) is 7.55. The molecule has 27 heavy (non-hydrogen) atoms. The number of piperazine rings is 1. The summed E-state index contributed by atoms with van der Waals surface area (Å²) in [6, 6.07) is 10.3. The molecule has 1 fully saturated rings. The smallest absolute Gasteiger partial charge is 0.268 e. The van der Waals surface area contributed by atoms with Crippen molar-refractivity contribution in [3.63, 3.8) is 0 Å². The Morgan fingerprint density at radius 1 is 1.11 bits per heavy atom. The first kappa shape index (κ1) is 17.2. The van der Waals surface area contributed by atoms with Crippen molar-refractivity contribution in [1.29, 1.82) is 0 Å². The normalized spacial score (nSPS) is 15.0. The number of primary amides is 1. The standard InChI is InChI=1S/C19H21N7O/c20-19(27)17-12-21-13-18(23-17)25-9-7-24(8-10-25)14-15-3-1-4-16(11-15)26-6-2-5-22-26/h1-6,11-13H,7-10,14H2,(H2,20,27). The van der Waals surface area contributed by atoms with E-state index >= 15 is 0 Å². The minimum Gasteiger partial charge on any atom is -0.364 e. The van der Waals surface area contributed by atoms with E-state index in [-0.39, 0.29) is 5.69 Å². The molecule has 8 heteroatoms. The lowest BCUT2D eigenvalue weighted by molar-refractivity contribution is 0.0995. The van der Waals surface area contributed by atoms with Crippen LogP contribution in [0.1, 0.15) is 16.1 Å². The van der Waals surface area contributed by atoms with Crippen LogP contribution in [0.5, 0.6) is 0 Å². The Morgan fingerprint density at radius 2 is 1.96 bits per heavy atom. The van der Waals surface area contributed by atoms with Crippen molar-refractivity contribution >= 4 is 11.7 Å². The molecule has 0 spiro atoms. The number of rotatable bonds is 5. The quantitative estimate of drug-likeness (QED) is 0.729. The third-order valence-electron chi connectivity index (χ3n) is 4.66. The van der Waals surface area contributed by atoms with Gasteiger partial charge in [0.15, 0.2) is 0 Å². The van der Waals surface area contributed by atoms with E-state index in [9.17, 15) is 4.79 Å². The first-order valence-electron chi connectivity index (χ1n) is 8.87. The van der Waals surface area contributed by atoms with E-state index in [0.717, 1.165) is 38.4 Å². The highest BCUT2D eigenvalue weighted by atomic mass is 16.1. The Balaban J connectivity index is 1.38. The van der Waals surface area contributed by atoms with E-state index in [1.165, 1.54) is 11.8 Å². The van der Waals surface area contributed by atoms with Crippen LogP contribution >= 0.6 is 0 Å². The summed E-state index contributed by atoms with van der Waals surface area (Å²) in [6.07, 6.45) is 6.80. The summed E-state index contributed by atoms with van der Waals surface area (Å²) >= 11 is 0. The van der Waals surface area contributed by atoms with Crippen molar-refractivity contribution in [3.8, 4) is 5.69 Å². The highest BCUT2D eigenvalue weighted by Crippen LogP contribution is 2.16. The molecule has 0 aliphatic carbocycles. The SMILES string of the molecule is NC(=O)c1cncc(N2CCN(Cc3cccc(-n4cccn4)c3)CC2)n1. The van der Waals surface area contributed by atoms with Gasteiger partial charge in [-0.25, -0.2) is 9.67 Å². The van der Waals surface area contributed by atoms with Crippen LogP contribution in [-0.4, -0.2) is 56.7 Å². The second-order valence-corrected chi connectivity index (χ2v) is 6.51. The molecule has 0 unspecified atom stereocenters. The zero-order valence-electron chi connectivity index (χ0n) is 14.9. The Morgan fingerprint density at radius 3 is 2.70 bits per heavy atom. The fourth-order valence-electron chi connectivity index (χ4n) is 3.24. The largest absolute Gasteiger partial charge is 0.364 e. The highest BCUT2D eigenvalue weighted by molar-refractivity contribution is 5.90. The Labute approximate surface area is 157 Å². The predicted molar refractivity (Wildman–Crippen MR) is 102 cm³/mol. The van der Waals surface area contributed by atoms with Crippen molar-refractivity contribution in [1.82, 2.24) is 24.6 Å². The van der Waals surface area contributed by atoms with Crippen molar-refractivity contribution in [2.24, 2.45) is 5.73 Å². The average Bonchev–Trinajstić information content (AvgIpc) is 3.24. The highest BCUT2D eigenvalue weighted by Gasteiger charge is 2.19. The van der Waals surface area contributed by atoms with E-state index in [0.29, 0.717) is 5.82 Å². The molecule has 1 aromatic carbocycles. The number of benzene rings is 1. The number of carbonyl (C=O) groups is 1. The molecule has 0 saturated carbocycles. The molecule has 3 aromatic rings. The van der Waals surface area contributed by atoms with Crippen LogP contribution in [0.25, 0.3) is 5.69 Å². The zero-order valence-corrected chi connectivity index (χ0v) is 14.9. The molecule has 2 N–H and O–H groups in total. The lowest BCUT2D eigenvalue weighted by Crippen LogP contribution is -2.46. The first-order valence-corrected chi connectivity index (χ1v) is 8.87. The van der Waals surface area contributed by atoms with Crippen molar-refractivity contribution in [2.45, 2.75) is 6.54 Å². The van der Waals surface area contributed by atoms with E-state index in [2.05, 4.69) is 49.1 Å².